The largest absolute Gasteiger partial charge is 0.423 e. The van der Waals surface area contributed by atoms with E-state index in [0.29, 0.717) is 11.3 Å². The molecule has 0 aliphatic carbocycles. The molecule has 0 heterocycles. The van der Waals surface area contributed by atoms with Crippen molar-refractivity contribution in [3.63, 3.8) is 0 Å². The fourth-order valence-corrected chi connectivity index (χ4v) is 4.86. The number of anilines is 1. The Morgan fingerprint density at radius 1 is 1.00 bits per heavy atom. The van der Waals surface area contributed by atoms with Crippen LogP contribution in [0.3, 0.4) is 0 Å². The molecule has 32 heavy (non-hydrogen) atoms. The number of carbonyl (C=O) groups is 2. The van der Waals surface area contributed by atoms with Crippen LogP contribution in [0, 0.1) is 0 Å². The van der Waals surface area contributed by atoms with E-state index in [1.165, 1.54) is 55.5 Å². The highest BCUT2D eigenvalue weighted by molar-refractivity contribution is 7.93. The van der Waals surface area contributed by atoms with Crippen LogP contribution in [-0.4, -0.2) is 26.7 Å². The Bertz CT molecular complexity index is 1260. The van der Waals surface area contributed by atoms with Crippen LogP contribution in [0.1, 0.15) is 27.6 Å². The maximum absolute atomic E-state index is 13.4. The lowest BCUT2D eigenvalue weighted by Crippen LogP contribution is -2.31. The van der Waals surface area contributed by atoms with Gasteiger partial charge in [-0.2, -0.15) is 0 Å². The number of benzene rings is 3. The van der Waals surface area contributed by atoms with Crippen molar-refractivity contribution in [2.24, 2.45) is 0 Å². The highest BCUT2D eigenvalue weighted by Crippen LogP contribution is 2.30. The number of hydrogen-bond donors (Lipinski definition) is 0. The van der Waals surface area contributed by atoms with Crippen LogP contribution in [0.4, 0.5) is 5.69 Å². The predicted molar refractivity (Wildman–Crippen MR) is 124 cm³/mol. The Morgan fingerprint density at radius 3 is 2.22 bits per heavy atom. The molecule has 164 valence electrons. The minimum Gasteiger partial charge on any atom is -0.423 e. The van der Waals surface area contributed by atoms with Crippen molar-refractivity contribution in [2.75, 3.05) is 10.8 Å². The van der Waals surface area contributed by atoms with Gasteiger partial charge >= 0.3 is 5.97 Å². The third-order valence-corrected chi connectivity index (χ3v) is 6.82. The number of carbonyl (C=O) groups excluding carboxylic acids is 2. The molecule has 3 aromatic rings. The first-order chi connectivity index (χ1) is 15.2. The predicted octanol–water partition coefficient (Wildman–Crippen LogP) is 5.14. The number of halogens is 1. The summed E-state index contributed by atoms with van der Waals surface area (Å²) in [6.45, 7) is 5.08. The molecular formula is C24H20ClNO5S. The van der Waals surface area contributed by atoms with Gasteiger partial charge in [-0.15, -0.1) is 6.58 Å². The number of Topliss-reactive ketones (excluding diaryl/α,β-unsaturated/α-hetero) is 1. The van der Waals surface area contributed by atoms with Crippen LogP contribution < -0.4 is 9.04 Å². The summed E-state index contributed by atoms with van der Waals surface area (Å²) in [4.78, 5) is 23.8. The molecule has 0 N–H and O–H groups in total. The second-order valence-electron chi connectivity index (χ2n) is 6.78. The van der Waals surface area contributed by atoms with Crippen LogP contribution in [0.5, 0.6) is 5.75 Å². The topological polar surface area (TPSA) is 80.8 Å². The van der Waals surface area contributed by atoms with Gasteiger partial charge < -0.3 is 4.74 Å². The van der Waals surface area contributed by atoms with Crippen LogP contribution in [0.25, 0.3) is 0 Å². The maximum Gasteiger partial charge on any atom is 0.343 e. The van der Waals surface area contributed by atoms with Crippen molar-refractivity contribution in [3.8, 4) is 5.75 Å². The first-order valence-electron chi connectivity index (χ1n) is 9.55. The van der Waals surface area contributed by atoms with Crippen molar-refractivity contribution in [3.05, 3.63) is 102 Å². The molecule has 6 nitrogen and oxygen atoms in total. The molecule has 0 fully saturated rings. The molecule has 8 heteroatoms. The molecule has 0 aromatic heterocycles. The van der Waals surface area contributed by atoms with E-state index in [0.717, 1.165) is 4.31 Å². The summed E-state index contributed by atoms with van der Waals surface area (Å²) >= 11 is 6.21. The molecule has 0 aliphatic heterocycles. The van der Waals surface area contributed by atoms with Gasteiger partial charge in [0.05, 0.1) is 22.8 Å². The molecule has 0 saturated heterocycles. The summed E-state index contributed by atoms with van der Waals surface area (Å²) in [7, 11) is -4.11. The summed E-state index contributed by atoms with van der Waals surface area (Å²) in [5.41, 5.74) is 0.921. The standard InChI is InChI=1S/C24H20ClNO5S/c1-3-15-26(20-7-5-4-6-8-20)32(29,30)23-16-19(11-14-22(23)25)24(28)31-21-12-9-18(10-13-21)17(2)27/h3-14,16H,1,15H2,2H3. The fraction of sp³-hybridized carbons (Fsp3) is 0.0833. The molecule has 0 aliphatic rings. The maximum atomic E-state index is 13.4. The zero-order chi connectivity index (χ0) is 23.3. The zero-order valence-electron chi connectivity index (χ0n) is 17.2. The second-order valence-corrected chi connectivity index (χ2v) is 9.01. The van der Waals surface area contributed by atoms with Gasteiger partial charge in [-0.05, 0) is 61.5 Å². The molecule has 3 aromatic carbocycles. The minimum atomic E-state index is -4.11. The van der Waals surface area contributed by atoms with Gasteiger partial charge in [-0.3, -0.25) is 9.10 Å². The highest BCUT2D eigenvalue weighted by atomic mass is 35.5. The highest BCUT2D eigenvalue weighted by Gasteiger charge is 2.28. The van der Waals surface area contributed by atoms with Gasteiger partial charge in [0.15, 0.2) is 5.78 Å². The number of ketones is 1. The summed E-state index contributed by atoms with van der Waals surface area (Å²) in [6.07, 6.45) is 1.46. The van der Waals surface area contributed by atoms with Gasteiger partial charge in [0.2, 0.25) is 0 Å². The quantitative estimate of drug-likeness (QED) is 0.197. The smallest absolute Gasteiger partial charge is 0.343 e. The van der Waals surface area contributed by atoms with Crippen LogP contribution >= 0.6 is 11.6 Å². The monoisotopic (exact) mass is 469 g/mol. The SMILES string of the molecule is C=CCN(c1ccccc1)S(=O)(=O)c1cc(C(=O)Oc2ccc(C(C)=O)cc2)ccc1Cl. The lowest BCUT2D eigenvalue weighted by Gasteiger charge is -2.23. The Hall–Kier alpha value is -3.42. The van der Waals surface area contributed by atoms with E-state index in [2.05, 4.69) is 6.58 Å². The zero-order valence-corrected chi connectivity index (χ0v) is 18.8. The molecule has 3 rings (SSSR count). The van der Waals surface area contributed by atoms with Gasteiger partial charge in [0.25, 0.3) is 10.0 Å². The molecule has 0 bridgehead atoms. The lowest BCUT2D eigenvalue weighted by molar-refractivity contribution is 0.0734. The number of para-hydroxylation sites is 1. The Balaban J connectivity index is 1.94. The van der Waals surface area contributed by atoms with E-state index in [-0.39, 0.29) is 33.6 Å². The fourth-order valence-electron chi connectivity index (χ4n) is 2.92. The number of sulfonamides is 1. The molecule has 0 atom stereocenters. The number of hydrogen-bond acceptors (Lipinski definition) is 5. The number of rotatable bonds is 8. The van der Waals surface area contributed by atoms with E-state index in [9.17, 15) is 18.0 Å². The van der Waals surface area contributed by atoms with Gasteiger partial charge in [-0.25, -0.2) is 13.2 Å². The second kappa shape index (κ2) is 9.80. The van der Waals surface area contributed by atoms with Crippen LogP contribution in [-0.2, 0) is 10.0 Å². The van der Waals surface area contributed by atoms with Crippen molar-refractivity contribution < 1.29 is 22.7 Å². The number of esters is 1. The first-order valence-corrected chi connectivity index (χ1v) is 11.4. The van der Waals surface area contributed by atoms with Gasteiger partial charge in [0, 0.05) is 5.56 Å². The molecule has 0 amide bonds. The van der Waals surface area contributed by atoms with E-state index in [4.69, 9.17) is 16.3 Å². The molecule has 0 saturated carbocycles. The summed E-state index contributed by atoms with van der Waals surface area (Å²) < 4.78 is 33.2. The lowest BCUT2D eigenvalue weighted by atomic mass is 10.1. The van der Waals surface area contributed by atoms with Crippen molar-refractivity contribution in [1.82, 2.24) is 0 Å². The Kier molecular flexibility index (Phi) is 7.12. The average molecular weight is 470 g/mol. The van der Waals surface area contributed by atoms with E-state index < -0.39 is 16.0 Å². The van der Waals surface area contributed by atoms with E-state index >= 15 is 0 Å². The third-order valence-electron chi connectivity index (χ3n) is 4.55. The van der Waals surface area contributed by atoms with Gasteiger partial charge in [0.1, 0.15) is 10.6 Å². The number of nitrogens with zero attached hydrogens (tertiary/aromatic N) is 1. The normalized spacial score (nSPS) is 10.9. The molecule has 0 unspecified atom stereocenters. The van der Waals surface area contributed by atoms with Crippen LogP contribution in [0.2, 0.25) is 5.02 Å². The van der Waals surface area contributed by atoms with E-state index in [1.54, 1.807) is 30.3 Å². The first kappa shape index (κ1) is 23.2. The third kappa shape index (κ3) is 5.07. The molecule has 0 radical (unpaired) electrons. The average Bonchev–Trinajstić information content (AvgIpc) is 2.78. The van der Waals surface area contributed by atoms with Gasteiger partial charge in [-0.1, -0.05) is 35.9 Å². The molecule has 0 spiro atoms. The summed E-state index contributed by atoms with van der Waals surface area (Å²) in [5.74, 6) is -0.654. The van der Waals surface area contributed by atoms with Crippen LogP contribution in [0.15, 0.2) is 90.3 Å². The Labute approximate surface area is 191 Å². The van der Waals surface area contributed by atoms with Crippen molar-refractivity contribution >= 4 is 39.1 Å². The van der Waals surface area contributed by atoms with E-state index in [1.807, 2.05) is 0 Å². The summed E-state index contributed by atoms with van der Waals surface area (Å²) in [5, 5.41) is -0.0302. The molecular weight excluding hydrogens is 450 g/mol. The van der Waals surface area contributed by atoms with Crippen molar-refractivity contribution in [2.45, 2.75) is 11.8 Å². The number of ether oxygens (including phenoxy) is 1. The summed E-state index contributed by atoms with van der Waals surface area (Å²) in [6, 6.07) is 18.5. The minimum absolute atomic E-state index is 0.00948. The van der Waals surface area contributed by atoms with Crippen molar-refractivity contribution in [1.29, 1.82) is 0 Å². The Morgan fingerprint density at radius 2 is 1.62 bits per heavy atom.